The second-order valence-corrected chi connectivity index (χ2v) is 4.08. The molecule has 1 aliphatic rings. The molecule has 2 rings (SSSR count). The van der Waals surface area contributed by atoms with Gasteiger partial charge in [0.2, 0.25) is 0 Å². The van der Waals surface area contributed by atoms with Crippen LogP contribution < -0.4 is 0 Å². The summed E-state index contributed by atoms with van der Waals surface area (Å²) in [4.78, 5) is 0. The van der Waals surface area contributed by atoms with Crippen molar-refractivity contribution in [2.75, 3.05) is 0 Å². The van der Waals surface area contributed by atoms with Gasteiger partial charge in [0.1, 0.15) is 6.10 Å². The Hall–Kier alpha value is -1.08. The van der Waals surface area contributed by atoms with Crippen molar-refractivity contribution in [2.24, 2.45) is 0 Å². The standard InChI is InChI=1S/C14H18O/c1-3-14(4-2)13(15-14)11-10-12-8-6-5-7-9-12/h5-11,13H,3-4H2,1-2H3. The molecule has 15 heavy (non-hydrogen) atoms. The summed E-state index contributed by atoms with van der Waals surface area (Å²) in [6.07, 6.45) is 6.87. The van der Waals surface area contributed by atoms with Crippen LogP contribution in [0.2, 0.25) is 0 Å². The lowest BCUT2D eigenvalue weighted by Crippen LogP contribution is -2.10. The maximum absolute atomic E-state index is 5.74. The topological polar surface area (TPSA) is 12.5 Å². The van der Waals surface area contributed by atoms with Crippen LogP contribution in [0.15, 0.2) is 36.4 Å². The zero-order valence-corrected chi connectivity index (χ0v) is 9.44. The molecule has 80 valence electrons. The molecule has 0 spiro atoms. The van der Waals surface area contributed by atoms with E-state index >= 15 is 0 Å². The third-order valence-corrected chi connectivity index (χ3v) is 3.28. The number of hydrogen-bond donors (Lipinski definition) is 0. The van der Waals surface area contributed by atoms with Gasteiger partial charge in [0.05, 0.1) is 5.60 Å². The summed E-state index contributed by atoms with van der Waals surface area (Å²) >= 11 is 0. The summed E-state index contributed by atoms with van der Waals surface area (Å²) in [5.41, 5.74) is 1.39. The lowest BCUT2D eigenvalue weighted by atomic mass is 9.98. The van der Waals surface area contributed by atoms with Gasteiger partial charge in [-0.05, 0) is 18.4 Å². The smallest absolute Gasteiger partial charge is 0.106 e. The van der Waals surface area contributed by atoms with E-state index < -0.39 is 0 Å². The van der Waals surface area contributed by atoms with Gasteiger partial charge in [-0.3, -0.25) is 0 Å². The fourth-order valence-corrected chi connectivity index (χ4v) is 2.02. The minimum Gasteiger partial charge on any atom is -0.362 e. The molecule has 1 fully saturated rings. The van der Waals surface area contributed by atoms with Crippen molar-refractivity contribution in [1.82, 2.24) is 0 Å². The first kappa shape index (κ1) is 10.4. The van der Waals surface area contributed by atoms with E-state index in [1.54, 1.807) is 0 Å². The molecule has 1 aromatic carbocycles. The van der Waals surface area contributed by atoms with E-state index in [9.17, 15) is 0 Å². The van der Waals surface area contributed by atoms with Crippen molar-refractivity contribution in [3.63, 3.8) is 0 Å². The minimum absolute atomic E-state index is 0.144. The van der Waals surface area contributed by atoms with Gasteiger partial charge in [0.15, 0.2) is 0 Å². The van der Waals surface area contributed by atoms with Crippen molar-refractivity contribution >= 4 is 6.08 Å². The maximum atomic E-state index is 5.74. The van der Waals surface area contributed by atoms with Crippen molar-refractivity contribution in [3.05, 3.63) is 42.0 Å². The van der Waals surface area contributed by atoms with Crippen LogP contribution in [0.25, 0.3) is 6.08 Å². The van der Waals surface area contributed by atoms with Crippen LogP contribution in [-0.2, 0) is 4.74 Å². The van der Waals surface area contributed by atoms with Gasteiger partial charge in [-0.2, -0.15) is 0 Å². The summed E-state index contributed by atoms with van der Waals surface area (Å²) in [6, 6.07) is 10.4. The molecule has 1 atom stereocenters. The molecule has 0 bridgehead atoms. The molecule has 1 heteroatoms. The first-order chi connectivity index (χ1) is 7.30. The molecule has 1 nitrogen and oxygen atoms in total. The average Bonchev–Trinajstić information content (AvgIpc) is 3.02. The van der Waals surface area contributed by atoms with E-state index in [0.717, 1.165) is 12.8 Å². The molecule has 1 aliphatic heterocycles. The summed E-state index contributed by atoms with van der Waals surface area (Å²) in [5.74, 6) is 0. The number of epoxide rings is 1. The van der Waals surface area contributed by atoms with E-state index in [2.05, 4.69) is 50.3 Å². The van der Waals surface area contributed by atoms with Gasteiger partial charge in [-0.25, -0.2) is 0 Å². The Balaban J connectivity index is 1.98. The molecular formula is C14H18O. The SMILES string of the molecule is CCC1(CC)OC1C=Cc1ccccc1. The van der Waals surface area contributed by atoms with Gasteiger partial charge in [0.25, 0.3) is 0 Å². The molecule has 1 unspecified atom stereocenters. The first-order valence-electron chi connectivity index (χ1n) is 5.72. The largest absolute Gasteiger partial charge is 0.362 e. The molecule has 1 saturated heterocycles. The third-order valence-electron chi connectivity index (χ3n) is 3.28. The minimum atomic E-state index is 0.144. The summed E-state index contributed by atoms with van der Waals surface area (Å²) in [6.45, 7) is 4.39. The van der Waals surface area contributed by atoms with E-state index in [1.807, 2.05) is 6.07 Å². The average molecular weight is 202 g/mol. The highest BCUT2D eigenvalue weighted by atomic mass is 16.6. The Morgan fingerprint density at radius 1 is 1.20 bits per heavy atom. The summed E-state index contributed by atoms with van der Waals surface area (Å²) in [7, 11) is 0. The Morgan fingerprint density at radius 2 is 1.87 bits per heavy atom. The highest BCUT2D eigenvalue weighted by Crippen LogP contribution is 2.43. The van der Waals surface area contributed by atoms with Gasteiger partial charge in [-0.1, -0.05) is 56.3 Å². The zero-order chi connectivity index (χ0) is 10.7. The molecule has 0 aliphatic carbocycles. The van der Waals surface area contributed by atoms with Crippen LogP contribution in [0.5, 0.6) is 0 Å². The van der Waals surface area contributed by atoms with Crippen molar-refractivity contribution in [3.8, 4) is 0 Å². The summed E-state index contributed by atoms with van der Waals surface area (Å²) in [5, 5.41) is 0. The van der Waals surface area contributed by atoms with Crippen LogP contribution in [0.3, 0.4) is 0 Å². The van der Waals surface area contributed by atoms with Gasteiger partial charge in [-0.15, -0.1) is 0 Å². The highest BCUT2D eigenvalue weighted by molar-refractivity contribution is 5.50. The lowest BCUT2D eigenvalue weighted by molar-refractivity contribution is 0.284. The fourth-order valence-electron chi connectivity index (χ4n) is 2.02. The van der Waals surface area contributed by atoms with Crippen LogP contribution in [0, 0.1) is 0 Å². The van der Waals surface area contributed by atoms with Crippen LogP contribution in [0.4, 0.5) is 0 Å². The second kappa shape index (κ2) is 4.19. The Labute approximate surface area is 91.8 Å². The molecule has 0 N–H and O–H groups in total. The van der Waals surface area contributed by atoms with Gasteiger partial charge >= 0.3 is 0 Å². The third kappa shape index (κ3) is 2.13. The molecule has 1 heterocycles. The number of benzene rings is 1. The monoisotopic (exact) mass is 202 g/mol. The molecule has 0 radical (unpaired) electrons. The van der Waals surface area contributed by atoms with Gasteiger partial charge in [0, 0.05) is 0 Å². The van der Waals surface area contributed by atoms with Gasteiger partial charge < -0.3 is 4.74 Å². The zero-order valence-electron chi connectivity index (χ0n) is 9.44. The summed E-state index contributed by atoms with van der Waals surface area (Å²) < 4.78 is 5.74. The molecular weight excluding hydrogens is 184 g/mol. The predicted molar refractivity (Wildman–Crippen MR) is 63.7 cm³/mol. The Morgan fingerprint density at radius 3 is 2.40 bits per heavy atom. The van der Waals surface area contributed by atoms with Crippen LogP contribution in [-0.4, -0.2) is 11.7 Å². The lowest BCUT2D eigenvalue weighted by Gasteiger charge is -2.03. The maximum Gasteiger partial charge on any atom is 0.106 e. The number of rotatable bonds is 4. The van der Waals surface area contributed by atoms with E-state index in [0.29, 0.717) is 6.10 Å². The first-order valence-corrected chi connectivity index (χ1v) is 5.72. The molecule has 0 saturated carbocycles. The van der Waals surface area contributed by atoms with Crippen molar-refractivity contribution in [2.45, 2.75) is 38.4 Å². The second-order valence-electron chi connectivity index (χ2n) is 4.08. The van der Waals surface area contributed by atoms with E-state index in [4.69, 9.17) is 4.74 Å². The van der Waals surface area contributed by atoms with Crippen molar-refractivity contribution < 1.29 is 4.74 Å². The Bertz CT molecular complexity index is 336. The quantitative estimate of drug-likeness (QED) is 0.679. The normalized spacial score (nSPS) is 23.2. The highest BCUT2D eigenvalue weighted by Gasteiger charge is 2.51. The molecule has 0 aromatic heterocycles. The Kier molecular flexibility index (Phi) is 2.92. The fraction of sp³-hybridized carbons (Fsp3) is 0.429. The van der Waals surface area contributed by atoms with Crippen LogP contribution >= 0.6 is 0 Å². The number of ether oxygens (including phenoxy) is 1. The van der Waals surface area contributed by atoms with E-state index in [1.165, 1.54) is 5.56 Å². The molecule has 0 amide bonds. The van der Waals surface area contributed by atoms with E-state index in [-0.39, 0.29) is 5.60 Å². The number of hydrogen-bond acceptors (Lipinski definition) is 1. The van der Waals surface area contributed by atoms with Crippen LogP contribution in [0.1, 0.15) is 32.3 Å². The predicted octanol–water partition coefficient (Wildman–Crippen LogP) is 3.66. The van der Waals surface area contributed by atoms with Crippen molar-refractivity contribution in [1.29, 1.82) is 0 Å². The molecule has 1 aromatic rings.